The third-order valence-electron chi connectivity index (χ3n) is 4.28. The fourth-order valence-electron chi connectivity index (χ4n) is 2.92. The number of nitrogens with one attached hydrogen (secondary N) is 2. The van der Waals surface area contributed by atoms with E-state index in [1.165, 1.54) is 0 Å². The second kappa shape index (κ2) is 6.86. The summed E-state index contributed by atoms with van der Waals surface area (Å²) in [7, 11) is 0. The molecule has 3 N–H and O–H groups in total. The molecule has 8 nitrogen and oxygen atoms in total. The molecule has 128 valence electrons. The minimum atomic E-state index is 0.104. The largest absolute Gasteiger partial charge is 0.507 e. The van der Waals surface area contributed by atoms with E-state index in [1.54, 1.807) is 30.9 Å². The van der Waals surface area contributed by atoms with Crippen LogP contribution in [0.5, 0.6) is 5.75 Å². The molecular weight excluding hydrogens is 318 g/mol. The zero-order valence-corrected chi connectivity index (χ0v) is 13.6. The first-order chi connectivity index (χ1) is 12.3. The van der Waals surface area contributed by atoms with Crippen molar-refractivity contribution in [3.63, 3.8) is 0 Å². The van der Waals surface area contributed by atoms with E-state index in [0.29, 0.717) is 23.2 Å². The SMILES string of the molecule is Oc1cc(-n2ccnc2)ccc1-c1ncc(NC2CCNCC2)nn1. The Labute approximate surface area is 145 Å². The third kappa shape index (κ3) is 3.43. The van der Waals surface area contributed by atoms with Crippen molar-refractivity contribution >= 4 is 5.82 Å². The zero-order chi connectivity index (χ0) is 17.1. The predicted octanol–water partition coefficient (Wildman–Crippen LogP) is 1.59. The monoisotopic (exact) mass is 337 g/mol. The van der Waals surface area contributed by atoms with Crippen molar-refractivity contribution in [1.82, 2.24) is 30.0 Å². The molecule has 0 amide bonds. The van der Waals surface area contributed by atoms with Gasteiger partial charge in [-0.15, -0.1) is 10.2 Å². The molecule has 1 aromatic carbocycles. The summed E-state index contributed by atoms with van der Waals surface area (Å²) in [5, 5.41) is 25.3. The van der Waals surface area contributed by atoms with E-state index in [2.05, 4.69) is 30.8 Å². The molecule has 0 atom stereocenters. The lowest BCUT2D eigenvalue weighted by atomic mass is 10.1. The highest BCUT2D eigenvalue weighted by Crippen LogP contribution is 2.28. The minimum absolute atomic E-state index is 0.104. The molecule has 1 aliphatic heterocycles. The van der Waals surface area contributed by atoms with Crippen LogP contribution < -0.4 is 10.6 Å². The lowest BCUT2D eigenvalue weighted by molar-refractivity contribution is 0.475. The fraction of sp³-hybridized carbons (Fsp3) is 0.294. The number of phenols is 1. The summed E-state index contributed by atoms with van der Waals surface area (Å²) in [5.41, 5.74) is 1.36. The number of hydrogen-bond donors (Lipinski definition) is 3. The van der Waals surface area contributed by atoms with Gasteiger partial charge in [0.05, 0.1) is 23.8 Å². The molecular formula is C17H19N7O. The number of aromatic nitrogens is 5. The number of anilines is 1. The van der Waals surface area contributed by atoms with Gasteiger partial charge in [-0.2, -0.15) is 0 Å². The number of rotatable bonds is 4. The number of hydrogen-bond acceptors (Lipinski definition) is 7. The first-order valence-electron chi connectivity index (χ1n) is 8.28. The average Bonchev–Trinajstić information content (AvgIpc) is 3.18. The number of benzene rings is 1. The van der Waals surface area contributed by atoms with E-state index in [4.69, 9.17) is 0 Å². The molecule has 4 rings (SSSR count). The van der Waals surface area contributed by atoms with Crippen LogP contribution in [0, 0.1) is 0 Å². The van der Waals surface area contributed by atoms with Gasteiger partial charge in [-0.25, -0.2) is 9.97 Å². The van der Waals surface area contributed by atoms with Crippen LogP contribution in [0.15, 0.2) is 43.1 Å². The van der Waals surface area contributed by atoms with Crippen LogP contribution in [-0.2, 0) is 0 Å². The summed E-state index contributed by atoms with van der Waals surface area (Å²) in [5.74, 6) is 1.16. The summed E-state index contributed by atoms with van der Waals surface area (Å²) in [6.45, 7) is 2.02. The number of imidazole rings is 1. The van der Waals surface area contributed by atoms with Gasteiger partial charge in [0.1, 0.15) is 5.75 Å². The summed E-state index contributed by atoms with van der Waals surface area (Å²) < 4.78 is 1.81. The highest BCUT2D eigenvalue weighted by atomic mass is 16.3. The lowest BCUT2D eigenvalue weighted by Gasteiger charge is -2.23. The number of nitrogens with zero attached hydrogens (tertiary/aromatic N) is 5. The number of aromatic hydroxyl groups is 1. The first-order valence-corrected chi connectivity index (χ1v) is 8.28. The number of phenolic OH excluding ortho intramolecular Hbond substituents is 1. The van der Waals surface area contributed by atoms with Crippen molar-refractivity contribution in [2.24, 2.45) is 0 Å². The van der Waals surface area contributed by atoms with Gasteiger partial charge in [0.2, 0.25) is 0 Å². The summed E-state index contributed by atoms with van der Waals surface area (Å²) >= 11 is 0. The second-order valence-corrected chi connectivity index (χ2v) is 6.01. The van der Waals surface area contributed by atoms with Crippen LogP contribution in [0.2, 0.25) is 0 Å². The van der Waals surface area contributed by atoms with E-state index in [-0.39, 0.29) is 5.75 Å². The Bertz CT molecular complexity index is 827. The molecule has 0 radical (unpaired) electrons. The van der Waals surface area contributed by atoms with E-state index < -0.39 is 0 Å². The standard InChI is InChI=1S/C17H19N7O/c25-15-9-13(24-8-7-19-11-24)1-2-14(15)17-20-10-16(22-23-17)21-12-3-5-18-6-4-12/h1-2,7-12,18,25H,3-6H2,(H,21,22). The highest BCUT2D eigenvalue weighted by Gasteiger charge is 2.14. The van der Waals surface area contributed by atoms with Crippen LogP contribution in [0.4, 0.5) is 5.82 Å². The maximum atomic E-state index is 10.3. The Morgan fingerprint density at radius 3 is 2.76 bits per heavy atom. The van der Waals surface area contributed by atoms with Crippen LogP contribution in [0.25, 0.3) is 17.1 Å². The summed E-state index contributed by atoms with van der Waals surface area (Å²) in [4.78, 5) is 8.34. The molecule has 0 aliphatic carbocycles. The van der Waals surface area contributed by atoms with Crippen molar-refractivity contribution in [3.05, 3.63) is 43.1 Å². The molecule has 0 unspecified atom stereocenters. The highest BCUT2D eigenvalue weighted by molar-refractivity contribution is 5.66. The van der Waals surface area contributed by atoms with Crippen molar-refractivity contribution < 1.29 is 5.11 Å². The third-order valence-corrected chi connectivity index (χ3v) is 4.28. The normalized spacial score (nSPS) is 15.2. The van der Waals surface area contributed by atoms with Crippen LogP contribution in [-0.4, -0.2) is 49.0 Å². The van der Waals surface area contributed by atoms with Gasteiger partial charge in [-0.1, -0.05) is 0 Å². The molecule has 8 heteroatoms. The van der Waals surface area contributed by atoms with Crippen LogP contribution >= 0.6 is 0 Å². The molecule has 0 bridgehead atoms. The lowest BCUT2D eigenvalue weighted by Crippen LogP contribution is -2.35. The topological polar surface area (TPSA) is 101 Å². The van der Waals surface area contributed by atoms with Gasteiger partial charge < -0.3 is 20.3 Å². The van der Waals surface area contributed by atoms with Gasteiger partial charge in [0, 0.05) is 24.5 Å². The predicted molar refractivity (Wildman–Crippen MR) is 93.6 cm³/mol. The van der Waals surface area contributed by atoms with E-state index in [9.17, 15) is 5.11 Å². The van der Waals surface area contributed by atoms with Gasteiger partial charge >= 0.3 is 0 Å². The maximum Gasteiger partial charge on any atom is 0.185 e. The van der Waals surface area contributed by atoms with E-state index in [1.807, 2.05) is 16.8 Å². The molecule has 0 saturated carbocycles. The maximum absolute atomic E-state index is 10.3. The van der Waals surface area contributed by atoms with Gasteiger partial charge in [-0.3, -0.25) is 0 Å². The van der Waals surface area contributed by atoms with Crippen molar-refractivity contribution in [2.45, 2.75) is 18.9 Å². The summed E-state index contributed by atoms with van der Waals surface area (Å²) in [6.07, 6.45) is 8.95. The van der Waals surface area contributed by atoms with Gasteiger partial charge in [-0.05, 0) is 38.1 Å². The molecule has 3 aromatic rings. The molecule has 1 aliphatic rings. The number of piperidine rings is 1. The van der Waals surface area contributed by atoms with Crippen molar-refractivity contribution in [3.8, 4) is 22.8 Å². The molecule has 1 fully saturated rings. The quantitative estimate of drug-likeness (QED) is 0.664. The summed E-state index contributed by atoms with van der Waals surface area (Å²) in [6, 6.07) is 5.70. The Morgan fingerprint density at radius 2 is 2.08 bits per heavy atom. The van der Waals surface area contributed by atoms with E-state index >= 15 is 0 Å². The first kappa shape index (κ1) is 15.5. The molecule has 2 aromatic heterocycles. The van der Waals surface area contributed by atoms with Crippen molar-refractivity contribution in [1.29, 1.82) is 0 Å². The molecule has 1 saturated heterocycles. The second-order valence-electron chi connectivity index (χ2n) is 6.01. The van der Waals surface area contributed by atoms with Crippen molar-refractivity contribution in [2.75, 3.05) is 18.4 Å². The van der Waals surface area contributed by atoms with E-state index in [0.717, 1.165) is 31.6 Å². The van der Waals surface area contributed by atoms with Crippen LogP contribution in [0.1, 0.15) is 12.8 Å². The Hall–Kier alpha value is -3.00. The fourth-order valence-corrected chi connectivity index (χ4v) is 2.92. The van der Waals surface area contributed by atoms with Crippen LogP contribution in [0.3, 0.4) is 0 Å². The Morgan fingerprint density at radius 1 is 1.20 bits per heavy atom. The molecule has 0 spiro atoms. The Kier molecular flexibility index (Phi) is 4.26. The molecule has 3 heterocycles. The smallest absolute Gasteiger partial charge is 0.185 e. The average molecular weight is 337 g/mol. The molecule has 25 heavy (non-hydrogen) atoms. The Balaban J connectivity index is 1.51. The van der Waals surface area contributed by atoms with Gasteiger partial charge in [0.15, 0.2) is 11.6 Å². The minimum Gasteiger partial charge on any atom is -0.507 e. The van der Waals surface area contributed by atoms with Gasteiger partial charge in [0.25, 0.3) is 0 Å². The zero-order valence-electron chi connectivity index (χ0n) is 13.6.